The van der Waals surface area contributed by atoms with E-state index in [9.17, 15) is 8.78 Å². The van der Waals surface area contributed by atoms with Gasteiger partial charge in [0, 0.05) is 19.2 Å². The van der Waals surface area contributed by atoms with E-state index in [1.54, 1.807) is 19.9 Å². The Morgan fingerprint density at radius 3 is 2.63 bits per heavy atom. The molecule has 0 spiro atoms. The van der Waals surface area contributed by atoms with Crippen LogP contribution in [-0.2, 0) is 12.1 Å². The number of terminal acetylenes is 1. The molecule has 1 aromatic carbocycles. The summed E-state index contributed by atoms with van der Waals surface area (Å²) in [5.41, 5.74) is 5.79. The Morgan fingerprint density at radius 1 is 1.37 bits per heavy atom. The third-order valence-corrected chi connectivity index (χ3v) is 3.90. The number of halogens is 2. The van der Waals surface area contributed by atoms with Crippen LogP contribution in [-0.4, -0.2) is 16.1 Å². The van der Waals surface area contributed by atoms with Gasteiger partial charge in [-0.25, -0.2) is 13.8 Å². The topological polar surface area (TPSA) is 53.1 Å². The molecule has 0 bridgehead atoms. The molecule has 2 aromatic rings. The summed E-state index contributed by atoms with van der Waals surface area (Å²) in [4.78, 5) is 4.56. The third-order valence-electron chi connectivity index (χ3n) is 3.90. The number of hydrogen-bond donors (Lipinski definition) is 1. The molecule has 0 atom stereocenters. The Kier molecular flexibility index (Phi) is 6.40. The third kappa shape index (κ3) is 4.75. The average Bonchev–Trinajstić information content (AvgIpc) is 2.93. The predicted octanol–water partition coefficient (Wildman–Crippen LogP) is 4.08. The van der Waals surface area contributed by atoms with Gasteiger partial charge in [-0.15, -0.1) is 6.42 Å². The lowest BCUT2D eigenvalue weighted by Crippen LogP contribution is -2.31. The van der Waals surface area contributed by atoms with Crippen LogP contribution in [0.25, 0.3) is 6.08 Å². The summed E-state index contributed by atoms with van der Waals surface area (Å²) in [6.45, 7) is 8.70. The van der Waals surface area contributed by atoms with Gasteiger partial charge in [0.1, 0.15) is 11.5 Å². The van der Waals surface area contributed by atoms with Gasteiger partial charge >= 0.3 is 0 Å². The van der Waals surface area contributed by atoms with E-state index in [1.807, 2.05) is 10.6 Å². The number of nitrogens with two attached hydrogens (primary N) is 1. The van der Waals surface area contributed by atoms with E-state index < -0.39 is 17.2 Å². The Balaban J connectivity index is 2.55. The quantitative estimate of drug-likeness (QED) is 0.744. The highest BCUT2D eigenvalue weighted by atomic mass is 19.1. The maximum Gasteiger partial charge on any atom is 0.168 e. The molecule has 0 radical (unpaired) electrons. The number of benzene rings is 1. The fourth-order valence-electron chi connectivity index (χ4n) is 2.81. The van der Waals surface area contributed by atoms with Crippen LogP contribution < -0.4 is 10.5 Å². The largest absolute Gasteiger partial charge is 0.477 e. The minimum Gasteiger partial charge on any atom is -0.477 e. The molecule has 1 aromatic heterocycles. The van der Waals surface area contributed by atoms with Crippen molar-refractivity contribution in [3.05, 3.63) is 53.1 Å². The second-order valence-corrected chi connectivity index (χ2v) is 7.14. The fourth-order valence-corrected chi connectivity index (χ4v) is 2.81. The Labute approximate surface area is 159 Å². The molecule has 2 rings (SSSR count). The standard InChI is InChI=1S/C21H25F2N3O/c1-6-17-18(8-7-11-24)26(13-14(2)3)20(25-17)21(4,5)27-19-10-9-15(22)12-16(19)23/h1,7-10,12,14H,11,13,24H2,2-5H3/b8-7-. The van der Waals surface area contributed by atoms with Gasteiger partial charge in [-0.3, -0.25) is 0 Å². The Bertz CT molecular complexity index is 876. The summed E-state index contributed by atoms with van der Waals surface area (Å²) in [5, 5.41) is 0. The maximum atomic E-state index is 14.1. The van der Waals surface area contributed by atoms with Gasteiger partial charge in [-0.05, 0) is 43.9 Å². The van der Waals surface area contributed by atoms with E-state index in [-0.39, 0.29) is 5.75 Å². The summed E-state index contributed by atoms with van der Waals surface area (Å²) in [6, 6.07) is 3.20. The SMILES string of the molecule is C#Cc1nc(C(C)(C)Oc2ccc(F)cc2F)n(CC(C)C)c1/C=C\CN. The molecule has 27 heavy (non-hydrogen) atoms. The smallest absolute Gasteiger partial charge is 0.168 e. The molecule has 0 aliphatic carbocycles. The number of rotatable bonds is 7. The normalized spacial score (nSPS) is 12.0. The molecule has 0 saturated heterocycles. The van der Waals surface area contributed by atoms with Crippen molar-refractivity contribution in [1.29, 1.82) is 0 Å². The molecule has 6 heteroatoms. The second-order valence-electron chi connectivity index (χ2n) is 7.14. The zero-order valence-corrected chi connectivity index (χ0v) is 16.1. The minimum absolute atomic E-state index is 0.0539. The van der Waals surface area contributed by atoms with E-state index >= 15 is 0 Å². The van der Waals surface area contributed by atoms with Gasteiger partial charge in [0.2, 0.25) is 0 Å². The molecule has 4 nitrogen and oxygen atoms in total. The first kappa shape index (κ1) is 20.7. The van der Waals surface area contributed by atoms with E-state index in [0.717, 1.165) is 17.8 Å². The van der Waals surface area contributed by atoms with Gasteiger partial charge in [-0.1, -0.05) is 19.9 Å². The van der Waals surface area contributed by atoms with E-state index in [1.165, 1.54) is 6.07 Å². The highest BCUT2D eigenvalue weighted by molar-refractivity contribution is 5.54. The fraction of sp³-hybridized carbons (Fsp3) is 0.381. The van der Waals surface area contributed by atoms with Gasteiger partial charge in [0.05, 0.1) is 5.69 Å². The van der Waals surface area contributed by atoms with Crippen LogP contribution in [0.1, 0.15) is 44.9 Å². The van der Waals surface area contributed by atoms with Gasteiger partial charge in [0.15, 0.2) is 23.0 Å². The summed E-state index contributed by atoms with van der Waals surface area (Å²) < 4.78 is 35.1. The molecule has 144 valence electrons. The zero-order valence-electron chi connectivity index (χ0n) is 16.1. The first-order valence-electron chi connectivity index (χ1n) is 8.78. The lowest BCUT2D eigenvalue weighted by atomic mass is 10.1. The van der Waals surface area contributed by atoms with Crippen LogP contribution in [0.2, 0.25) is 0 Å². The van der Waals surface area contributed by atoms with Crippen molar-refractivity contribution in [2.45, 2.75) is 39.8 Å². The zero-order chi connectivity index (χ0) is 20.2. The van der Waals surface area contributed by atoms with Gasteiger partial charge < -0.3 is 15.0 Å². The molecule has 0 saturated carbocycles. The minimum atomic E-state index is -1.01. The first-order valence-corrected chi connectivity index (χ1v) is 8.78. The van der Waals surface area contributed by atoms with Crippen LogP contribution in [0.15, 0.2) is 24.3 Å². The molecule has 0 aliphatic heterocycles. The van der Waals surface area contributed by atoms with Crippen molar-refractivity contribution >= 4 is 6.08 Å². The molecule has 2 N–H and O–H groups in total. The number of imidazole rings is 1. The van der Waals surface area contributed by atoms with E-state index in [0.29, 0.717) is 30.5 Å². The van der Waals surface area contributed by atoms with Gasteiger partial charge in [-0.2, -0.15) is 0 Å². The van der Waals surface area contributed by atoms with Crippen molar-refractivity contribution in [3.8, 4) is 18.1 Å². The number of ether oxygens (including phenoxy) is 1. The average molecular weight is 373 g/mol. The lowest BCUT2D eigenvalue weighted by Gasteiger charge is -2.28. The van der Waals surface area contributed by atoms with Crippen molar-refractivity contribution in [1.82, 2.24) is 9.55 Å². The lowest BCUT2D eigenvalue weighted by molar-refractivity contribution is 0.0875. The molecular weight excluding hydrogens is 348 g/mol. The van der Waals surface area contributed by atoms with Crippen LogP contribution in [0.3, 0.4) is 0 Å². The number of nitrogens with zero attached hydrogens (tertiary/aromatic N) is 2. The molecule has 0 amide bonds. The molecule has 1 heterocycles. The summed E-state index contributed by atoms with van der Waals surface area (Å²) in [5.74, 6) is 1.97. The monoisotopic (exact) mass is 373 g/mol. The van der Waals surface area contributed by atoms with Crippen LogP contribution in [0.4, 0.5) is 8.78 Å². The molecule has 0 aliphatic rings. The van der Waals surface area contributed by atoms with Crippen LogP contribution >= 0.6 is 0 Å². The van der Waals surface area contributed by atoms with Crippen molar-refractivity contribution < 1.29 is 13.5 Å². The predicted molar refractivity (Wildman–Crippen MR) is 103 cm³/mol. The molecular formula is C21H25F2N3O. The molecule has 0 fully saturated rings. The molecule has 0 unspecified atom stereocenters. The summed E-state index contributed by atoms with van der Waals surface area (Å²) >= 11 is 0. The highest BCUT2D eigenvalue weighted by Crippen LogP contribution is 2.31. The maximum absolute atomic E-state index is 14.1. The van der Waals surface area contributed by atoms with E-state index in [2.05, 4.69) is 24.8 Å². The Hall–Kier alpha value is -2.65. The summed E-state index contributed by atoms with van der Waals surface area (Å²) in [6.07, 6.45) is 9.27. The number of aromatic nitrogens is 2. The van der Waals surface area contributed by atoms with Crippen LogP contribution in [0.5, 0.6) is 5.75 Å². The van der Waals surface area contributed by atoms with Gasteiger partial charge in [0.25, 0.3) is 0 Å². The Morgan fingerprint density at radius 2 is 2.07 bits per heavy atom. The number of hydrogen-bond acceptors (Lipinski definition) is 3. The highest BCUT2D eigenvalue weighted by Gasteiger charge is 2.32. The summed E-state index contributed by atoms with van der Waals surface area (Å²) in [7, 11) is 0. The van der Waals surface area contributed by atoms with Crippen LogP contribution in [0, 0.1) is 29.9 Å². The van der Waals surface area contributed by atoms with Crippen molar-refractivity contribution in [2.24, 2.45) is 11.7 Å². The van der Waals surface area contributed by atoms with Crippen molar-refractivity contribution in [2.75, 3.05) is 6.54 Å². The first-order chi connectivity index (χ1) is 12.7. The second kappa shape index (κ2) is 8.36. The van der Waals surface area contributed by atoms with Crippen molar-refractivity contribution in [3.63, 3.8) is 0 Å². The van der Waals surface area contributed by atoms with E-state index in [4.69, 9.17) is 16.9 Å².